The number of hydrogen-bond acceptors (Lipinski definition) is 4. The zero-order valence-corrected chi connectivity index (χ0v) is 11.2. The van der Waals surface area contributed by atoms with Gasteiger partial charge in [0.25, 0.3) is 0 Å². The Morgan fingerprint density at radius 1 is 1.37 bits per heavy atom. The Kier molecular flexibility index (Phi) is 5.59. The van der Waals surface area contributed by atoms with Gasteiger partial charge in [-0.25, -0.2) is 4.79 Å². The zero-order valence-electron chi connectivity index (χ0n) is 11.2. The summed E-state index contributed by atoms with van der Waals surface area (Å²) in [4.78, 5) is 35.1. The molecule has 108 valence electrons. The van der Waals surface area contributed by atoms with Gasteiger partial charge in [-0.15, -0.1) is 0 Å². The molecule has 0 aliphatic carbocycles. The molecule has 7 heteroatoms. The van der Waals surface area contributed by atoms with E-state index >= 15 is 0 Å². The van der Waals surface area contributed by atoms with Gasteiger partial charge in [0, 0.05) is 26.4 Å². The van der Waals surface area contributed by atoms with Crippen LogP contribution >= 0.6 is 0 Å². The third-order valence-electron chi connectivity index (χ3n) is 3.04. The summed E-state index contributed by atoms with van der Waals surface area (Å²) in [6, 6.07) is -0.263. The minimum Gasteiger partial charge on any atom is -0.481 e. The molecule has 0 bridgehead atoms. The van der Waals surface area contributed by atoms with Crippen molar-refractivity contribution in [2.75, 3.05) is 19.7 Å². The fourth-order valence-electron chi connectivity index (χ4n) is 2.30. The molecule has 1 aliphatic heterocycles. The van der Waals surface area contributed by atoms with Crippen LogP contribution in [0.1, 0.15) is 26.7 Å². The second kappa shape index (κ2) is 6.96. The first kappa shape index (κ1) is 15.3. The van der Waals surface area contributed by atoms with Gasteiger partial charge >= 0.3 is 12.1 Å². The van der Waals surface area contributed by atoms with Crippen LogP contribution in [0.5, 0.6) is 0 Å². The second-order valence-corrected chi connectivity index (χ2v) is 4.69. The third kappa shape index (κ3) is 5.15. The quantitative estimate of drug-likeness (QED) is 0.774. The number of carboxylic acids is 1. The predicted octanol–water partition coefficient (Wildman–Crippen LogP) is 0.444. The lowest BCUT2D eigenvalue weighted by Gasteiger charge is -2.36. The number of rotatable bonds is 4. The molecule has 1 rings (SSSR count). The molecule has 19 heavy (non-hydrogen) atoms. The normalized spacial score (nSPS) is 22.7. The number of alkyl carbamates (subject to hydrolysis) is 1. The van der Waals surface area contributed by atoms with Crippen molar-refractivity contribution in [2.45, 2.75) is 32.7 Å². The second-order valence-electron chi connectivity index (χ2n) is 4.69. The van der Waals surface area contributed by atoms with Crippen LogP contribution in [-0.4, -0.2) is 53.7 Å². The first-order chi connectivity index (χ1) is 8.92. The monoisotopic (exact) mass is 272 g/mol. The van der Waals surface area contributed by atoms with Crippen LogP contribution < -0.4 is 5.32 Å². The van der Waals surface area contributed by atoms with E-state index in [1.54, 1.807) is 11.8 Å². The number of nitrogens with zero attached hydrogens (tertiary/aromatic N) is 1. The summed E-state index contributed by atoms with van der Waals surface area (Å²) in [6.45, 7) is 4.22. The Labute approximate surface area is 111 Å². The summed E-state index contributed by atoms with van der Waals surface area (Å²) in [7, 11) is 0. The number of nitrogens with one attached hydrogen (secondary N) is 1. The van der Waals surface area contributed by atoms with Crippen LogP contribution in [0, 0.1) is 5.92 Å². The zero-order chi connectivity index (χ0) is 14.4. The molecule has 0 radical (unpaired) electrons. The Hall–Kier alpha value is -1.79. The van der Waals surface area contributed by atoms with E-state index in [0.29, 0.717) is 19.5 Å². The van der Waals surface area contributed by atoms with Crippen LogP contribution in [-0.2, 0) is 14.3 Å². The van der Waals surface area contributed by atoms with Crippen molar-refractivity contribution in [3.8, 4) is 0 Å². The number of piperidine rings is 1. The van der Waals surface area contributed by atoms with Gasteiger partial charge in [-0.3, -0.25) is 9.59 Å². The third-order valence-corrected chi connectivity index (χ3v) is 3.04. The minimum atomic E-state index is -0.898. The largest absolute Gasteiger partial charge is 0.481 e. The molecular weight excluding hydrogens is 252 g/mol. The molecule has 1 fully saturated rings. The van der Waals surface area contributed by atoms with E-state index in [2.05, 4.69) is 5.32 Å². The van der Waals surface area contributed by atoms with Crippen molar-refractivity contribution in [1.29, 1.82) is 0 Å². The fraction of sp³-hybridized carbons (Fsp3) is 0.750. The van der Waals surface area contributed by atoms with Gasteiger partial charge in [-0.2, -0.15) is 0 Å². The lowest BCUT2D eigenvalue weighted by Crippen LogP contribution is -2.52. The molecule has 0 saturated carbocycles. The highest BCUT2D eigenvalue weighted by atomic mass is 16.5. The average molecular weight is 272 g/mol. The molecule has 0 aromatic heterocycles. The number of carbonyl (C=O) groups is 3. The maximum atomic E-state index is 11.4. The topological polar surface area (TPSA) is 95.9 Å². The number of aliphatic carboxylic acids is 1. The van der Waals surface area contributed by atoms with Crippen LogP contribution in [0.3, 0.4) is 0 Å². The van der Waals surface area contributed by atoms with Crippen molar-refractivity contribution in [2.24, 2.45) is 5.92 Å². The summed E-state index contributed by atoms with van der Waals surface area (Å²) < 4.78 is 4.79. The molecule has 1 aliphatic rings. The lowest BCUT2D eigenvalue weighted by atomic mass is 9.91. The minimum absolute atomic E-state index is 0.00914. The predicted molar refractivity (Wildman–Crippen MR) is 66.6 cm³/mol. The van der Waals surface area contributed by atoms with Crippen LogP contribution in [0.15, 0.2) is 0 Å². The van der Waals surface area contributed by atoms with Gasteiger partial charge in [-0.1, -0.05) is 0 Å². The van der Waals surface area contributed by atoms with Crippen molar-refractivity contribution < 1.29 is 24.2 Å². The molecule has 1 saturated heterocycles. The van der Waals surface area contributed by atoms with E-state index in [1.807, 2.05) is 0 Å². The number of likely N-dealkylation sites (tertiary alicyclic amines) is 1. The molecule has 2 atom stereocenters. The molecule has 0 spiro atoms. The van der Waals surface area contributed by atoms with Crippen molar-refractivity contribution in [3.05, 3.63) is 0 Å². The van der Waals surface area contributed by atoms with Gasteiger partial charge in [0.05, 0.1) is 12.6 Å². The lowest BCUT2D eigenvalue weighted by molar-refractivity contribution is -0.140. The first-order valence-corrected chi connectivity index (χ1v) is 6.33. The van der Waals surface area contributed by atoms with Gasteiger partial charge in [-0.05, 0) is 19.3 Å². The summed E-state index contributed by atoms with van der Waals surface area (Å²) in [6.07, 6.45) is -0.00775. The van der Waals surface area contributed by atoms with Crippen LogP contribution in [0.4, 0.5) is 4.79 Å². The van der Waals surface area contributed by atoms with Gasteiger partial charge in [0.1, 0.15) is 0 Å². The SMILES string of the molecule is CCOC(=O)NC1CC(CC(=O)O)CN(C(C)=O)C1. The van der Waals surface area contributed by atoms with E-state index in [1.165, 1.54) is 6.92 Å². The Morgan fingerprint density at radius 3 is 2.58 bits per heavy atom. The summed E-state index contributed by atoms with van der Waals surface area (Å²) in [5, 5.41) is 11.5. The number of hydrogen-bond donors (Lipinski definition) is 2. The summed E-state index contributed by atoms with van der Waals surface area (Å²) in [5.41, 5.74) is 0. The van der Waals surface area contributed by atoms with Crippen LogP contribution in [0.25, 0.3) is 0 Å². The van der Waals surface area contributed by atoms with Gasteiger partial charge < -0.3 is 20.1 Å². The first-order valence-electron chi connectivity index (χ1n) is 6.33. The number of carboxylic acid groups (broad SMARTS) is 1. The highest BCUT2D eigenvalue weighted by Gasteiger charge is 2.30. The van der Waals surface area contributed by atoms with Gasteiger partial charge in [0.2, 0.25) is 5.91 Å². The Balaban J connectivity index is 2.61. The number of carbonyl (C=O) groups excluding carboxylic acids is 2. The summed E-state index contributed by atoms with van der Waals surface area (Å²) in [5.74, 6) is -1.17. The van der Waals surface area contributed by atoms with Crippen LogP contribution in [0.2, 0.25) is 0 Å². The van der Waals surface area contributed by atoms with E-state index in [9.17, 15) is 14.4 Å². The van der Waals surface area contributed by atoms with Gasteiger partial charge in [0.15, 0.2) is 0 Å². The standard InChI is InChI=1S/C12H20N2O5/c1-3-19-12(18)13-10-4-9(5-11(16)17)6-14(7-10)8(2)15/h9-10H,3-7H2,1-2H3,(H,13,18)(H,16,17). The smallest absolute Gasteiger partial charge is 0.407 e. The van der Waals surface area contributed by atoms with E-state index in [-0.39, 0.29) is 30.9 Å². The average Bonchev–Trinajstić information content (AvgIpc) is 2.27. The maximum Gasteiger partial charge on any atom is 0.407 e. The molecule has 0 aromatic carbocycles. The van der Waals surface area contributed by atoms with Crippen molar-refractivity contribution >= 4 is 18.0 Å². The van der Waals surface area contributed by atoms with E-state index < -0.39 is 12.1 Å². The van der Waals surface area contributed by atoms with E-state index in [4.69, 9.17) is 9.84 Å². The summed E-state index contributed by atoms with van der Waals surface area (Å²) >= 11 is 0. The molecule has 2 N–H and O–H groups in total. The maximum absolute atomic E-state index is 11.4. The molecular formula is C12H20N2O5. The molecule has 2 amide bonds. The van der Waals surface area contributed by atoms with E-state index in [0.717, 1.165) is 0 Å². The number of ether oxygens (including phenoxy) is 1. The number of amides is 2. The highest BCUT2D eigenvalue weighted by molar-refractivity contribution is 5.74. The fourth-order valence-corrected chi connectivity index (χ4v) is 2.30. The molecule has 1 heterocycles. The Bertz CT molecular complexity index is 358. The van der Waals surface area contributed by atoms with Crippen molar-refractivity contribution in [1.82, 2.24) is 10.2 Å². The van der Waals surface area contributed by atoms with Crippen molar-refractivity contribution in [3.63, 3.8) is 0 Å². The molecule has 0 aromatic rings. The highest BCUT2D eigenvalue weighted by Crippen LogP contribution is 2.20. The molecule has 2 unspecified atom stereocenters. The molecule has 7 nitrogen and oxygen atoms in total. The Morgan fingerprint density at radius 2 is 2.05 bits per heavy atom.